The molecule has 0 bridgehead atoms. The van der Waals surface area contributed by atoms with Crippen molar-refractivity contribution in [3.05, 3.63) is 47.5 Å². The molecule has 0 heterocycles. The van der Waals surface area contributed by atoms with Crippen LogP contribution < -0.4 is 20.9 Å². The number of benzene rings is 2. The van der Waals surface area contributed by atoms with E-state index in [4.69, 9.17) is 20.9 Å². The minimum atomic E-state index is -0.537. The zero-order chi connectivity index (χ0) is 19.1. The Labute approximate surface area is 150 Å². The van der Waals surface area contributed by atoms with Crippen LogP contribution in [-0.2, 0) is 9.47 Å². The van der Waals surface area contributed by atoms with Gasteiger partial charge in [0.1, 0.15) is 24.7 Å². The zero-order valence-corrected chi connectivity index (χ0v) is 14.5. The Morgan fingerprint density at radius 1 is 0.769 bits per heavy atom. The van der Waals surface area contributed by atoms with Gasteiger partial charge < -0.3 is 30.4 Å². The third-order valence-electron chi connectivity index (χ3n) is 3.48. The fourth-order valence-corrected chi connectivity index (χ4v) is 2.16. The summed E-state index contributed by atoms with van der Waals surface area (Å²) in [6.45, 7) is 0.456. The molecule has 0 saturated heterocycles. The fourth-order valence-electron chi connectivity index (χ4n) is 2.16. The van der Waals surface area contributed by atoms with Crippen LogP contribution in [0.25, 0.3) is 0 Å². The van der Waals surface area contributed by atoms with Crippen molar-refractivity contribution in [2.24, 2.45) is 0 Å². The number of rotatable bonds is 7. The Hall–Kier alpha value is -3.42. The molecule has 0 radical (unpaired) electrons. The van der Waals surface area contributed by atoms with E-state index >= 15 is 0 Å². The Morgan fingerprint density at radius 2 is 1.31 bits per heavy atom. The van der Waals surface area contributed by atoms with Crippen LogP contribution in [0.3, 0.4) is 0 Å². The zero-order valence-electron chi connectivity index (χ0n) is 14.5. The van der Waals surface area contributed by atoms with Crippen molar-refractivity contribution in [1.82, 2.24) is 0 Å². The highest BCUT2D eigenvalue weighted by Gasteiger charge is 2.12. The molecule has 26 heavy (non-hydrogen) atoms. The molecule has 0 spiro atoms. The number of methoxy groups -OCH3 is 2. The van der Waals surface area contributed by atoms with Gasteiger partial charge in [0.25, 0.3) is 0 Å². The summed E-state index contributed by atoms with van der Waals surface area (Å²) in [6, 6.07) is 9.38. The molecular weight excluding hydrogens is 340 g/mol. The number of esters is 2. The van der Waals surface area contributed by atoms with E-state index in [1.165, 1.54) is 32.4 Å². The second-order valence-corrected chi connectivity index (χ2v) is 5.18. The van der Waals surface area contributed by atoms with E-state index in [2.05, 4.69) is 9.47 Å². The number of hydrogen-bond acceptors (Lipinski definition) is 8. The van der Waals surface area contributed by atoms with E-state index < -0.39 is 11.9 Å². The molecule has 4 N–H and O–H groups in total. The van der Waals surface area contributed by atoms with E-state index in [-0.39, 0.29) is 30.0 Å². The Morgan fingerprint density at radius 3 is 1.88 bits per heavy atom. The molecule has 0 unspecified atom stereocenters. The normalized spacial score (nSPS) is 10.1. The maximum Gasteiger partial charge on any atom is 0.340 e. The first-order chi connectivity index (χ1) is 12.5. The summed E-state index contributed by atoms with van der Waals surface area (Å²) in [4.78, 5) is 23.1. The largest absolute Gasteiger partial charge is 0.490 e. The van der Waals surface area contributed by atoms with Gasteiger partial charge in [-0.25, -0.2) is 9.59 Å². The third-order valence-corrected chi connectivity index (χ3v) is 3.48. The molecular formula is C18H20N2O6. The lowest BCUT2D eigenvalue weighted by Gasteiger charge is -2.11. The van der Waals surface area contributed by atoms with Crippen LogP contribution in [0.1, 0.15) is 20.7 Å². The summed E-state index contributed by atoms with van der Waals surface area (Å²) in [5, 5.41) is 0. The third kappa shape index (κ3) is 4.56. The summed E-state index contributed by atoms with van der Waals surface area (Å²) < 4.78 is 20.3. The highest BCUT2D eigenvalue weighted by Crippen LogP contribution is 2.22. The van der Waals surface area contributed by atoms with Gasteiger partial charge in [-0.15, -0.1) is 0 Å². The monoisotopic (exact) mass is 360 g/mol. The van der Waals surface area contributed by atoms with Gasteiger partial charge in [-0.3, -0.25) is 0 Å². The van der Waals surface area contributed by atoms with Gasteiger partial charge in [0, 0.05) is 17.4 Å². The highest BCUT2D eigenvalue weighted by molar-refractivity contribution is 5.95. The van der Waals surface area contributed by atoms with Crippen LogP contribution in [0.2, 0.25) is 0 Å². The summed E-state index contributed by atoms with van der Waals surface area (Å²) in [7, 11) is 2.56. The van der Waals surface area contributed by atoms with Gasteiger partial charge in [-0.1, -0.05) is 0 Å². The lowest BCUT2D eigenvalue weighted by molar-refractivity contribution is 0.0592. The first-order valence-corrected chi connectivity index (χ1v) is 7.67. The van der Waals surface area contributed by atoms with Crippen LogP contribution in [0, 0.1) is 0 Å². The second-order valence-electron chi connectivity index (χ2n) is 5.18. The average Bonchev–Trinajstić information content (AvgIpc) is 2.65. The molecule has 0 saturated carbocycles. The molecule has 0 aliphatic carbocycles. The van der Waals surface area contributed by atoms with Crippen molar-refractivity contribution >= 4 is 23.3 Å². The molecule has 2 rings (SSSR count). The van der Waals surface area contributed by atoms with Gasteiger partial charge in [0.05, 0.1) is 25.3 Å². The van der Waals surface area contributed by atoms with E-state index in [0.29, 0.717) is 17.2 Å². The van der Waals surface area contributed by atoms with Crippen molar-refractivity contribution in [2.75, 3.05) is 38.9 Å². The number of nitrogen functional groups attached to an aromatic ring is 2. The molecule has 0 fully saturated rings. The number of carbonyl (C=O) groups is 2. The predicted octanol–water partition coefficient (Wildman–Crippen LogP) is 1.88. The summed E-state index contributed by atoms with van der Waals surface area (Å²) in [5.74, 6) is -0.0948. The van der Waals surface area contributed by atoms with Crippen molar-refractivity contribution in [1.29, 1.82) is 0 Å². The van der Waals surface area contributed by atoms with Crippen LogP contribution >= 0.6 is 0 Å². The summed E-state index contributed by atoms with van der Waals surface area (Å²) in [6.07, 6.45) is 0. The lowest BCUT2D eigenvalue weighted by atomic mass is 10.2. The topological polar surface area (TPSA) is 123 Å². The second kappa shape index (κ2) is 8.61. The molecule has 0 atom stereocenters. The minimum absolute atomic E-state index is 0.225. The number of carbonyl (C=O) groups excluding carboxylic acids is 2. The molecule has 8 heteroatoms. The van der Waals surface area contributed by atoms with Crippen molar-refractivity contribution in [3.8, 4) is 11.5 Å². The number of nitrogens with two attached hydrogens (primary N) is 2. The number of ether oxygens (including phenoxy) is 4. The maximum absolute atomic E-state index is 11.6. The smallest absolute Gasteiger partial charge is 0.340 e. The van der Waals surface area contributed by atoms with Crippen molar-refractivity contribution < 1.29 is 28.5 Å². The van der Waals surface area contributed by atoms with E-state index in [1.54, 1.807) is 18.2 Å². The fraction of sp³-hybridized carbons (Fsp3) is 0.222. The number of hydrogen-bond donors (Lipinski definition) is 2. The molecule has 0 aromatic heterocycles. The van der Waals surface area contributed by atoms with Gasteiger partial charge in [0.2, 0.25) is 0 Å². The highest BCUT2D eigenvalue weighted by atomic mass is 16.5. The van der Waals surface area contributed by atoms with Gasteiger partial charge in [0.15, 0.2) is 0 Å². The van der Waals surface area contributed by atoms with Crippen LogP contribution in [-0.4, -0.2) is 39.4 Å². The molecule has 2 aromatic carbocycles. The first kappa shape index (κ1) is 18.9. The van der Waals surface area contributed by atoms with E-state index in [9.17, 15) is 9.59 Å². The van der Waals surface area contributed by atoms with Crippen LogP contribution in [0.15, 0.2) is 36.4 Å². The molecule has 0 amide bonds. The van der Waals surface area contributed by atoms with Gasteiger partial charge in [-0.05, 0) is 30.3 Å². The average molecular weight is 360 g/mol. The maximum atomic E-state index is 11.6. The Kier molecular flexibility index (Phi) is 6.26. The number of anilines is 2. The van der Waals surface area contributed by atoms with Gasteiger partial charge >= 0.3 is 11.9 Å². The van der Waals surface area contributed by atoms with Crippen molar-refractivity contribution in [2.45, 2.75) is 0 Å². The Balaban J connectivity index is 1.90. The molecule has 0 aliphatic rings. The molecule has 138 valence electrons. The Bertz CT molecular complexity index is 806. The standard InChI is InChI=1S/C18H20N2O6/c1-23-17(21)13-5-3-12(10-16(13)20)26-8-7-25-11-4-6-15(19)14(9-11)18(22)24-2/h3-6,9-10H,7-8,19-20H2,1-2H3. The van der Waals surface area contributed by atoms with Crippen LogP contribution in [0.4, 0.5) is 11.4 Å². The SMILES string of the molecule is COC(=O)c1ccc(OCCOc2ccc(N)c(C(=O)OC)c2)cc1N. The van der Waals surface area contributed by atoms with Gasteiger partial charge in [-0.2, -0.15) is 0 Å². The first-order valence-electron chi connectivity index (χ1n) is 7.67. The summed E-state index contributed by atoms with van der Waals surface area (Å²) in [5.41, 5.74) is 12.6. The minimum Gasteiger partial charge on any atom is -0.490 e. The van der Waals surface area contributed by atoms with E-state index in [0.717, 1.165) is 0 Å². The van der Waals surface area contributed by atoms with Crippen molar-refractivity contribution in [3.63, 3.8) is 0 Å². The molecule has 0 aliphatic heterocycles. The predicted molar refractivity (Wildman–Crippen MR) is 95.4 cm³/mol. The quantitative estimate of drug-likeness (QED) is 0.436. The lowest BCUT2D eigenvalue weighted by Crippen LogP contribution is -2.11. The molecule has 8 nitrogen and oxygen atoms in total. The van der Waals surface area contributed by atoms with Crippen LogP contribution in [0.5, 0.6) is 11.5 Å². The van der Waals surface area contributed by atoms with E-state index in [1.807, 2.05) is 0 Å². The summed E-state index contributed by atoms with van der Waals surface area (Å²) >= 11 is 0. The molecule has 2 aromatic rings.